The van der Waals surface area contributed by atoms with Crippen molar-refractivity contribution in [1.82, 2.24) is 9.97 Å². The van der Waals surface area contributed by atoms with E-state index in [0.717, 1.165) is 5.56 Å². The third-order valence-electron chi connectivity index (χ3n) is 2.84. The minimum absolute atomic E-state index is 0.188. The van der Waals surface area contributed by atoms with Gasteiger partial charge in [-0.15, -0.1) is 0 Å². The number of pyridine rings is 2. The van der Waals surface area contributed by atoms with Crippen LogP contribution >= 0.6 is 0 Å². The molecule has 0 bridgehead atoms. The van der Waals surface area contributed by atoms with E-state index in [9.17, 15) is 9.90 Å². The van der Waals surface area contributed by atoms with Crippen molar-refractivity contribution >= 4 is 11.8 Å². The van der Waals surface area contributed by atoms with Crippen molar-refractivity contribution in [3.05, 3.63) is 47.3 Å². The molecule has 0 aromatic carbocycles. The zero-order chi connectivity index (χ0) is 14.5. The Balaban J connectivity index is 2.18. The van der Waals surface area contributed by atoms with Crippen molar-refractivity contribution in [2.45, 2.75) is 13.5 Å². The molecule has 2 aromatic heterocycles. The molecule has 0 amide bonds. The lowest BCUT2D eigenvalue weighted by atomic mass is 10.1. The van der Waals surface area contributed by atoms with Crippen LogP contribution in [0.4, 0.5) is 5.82 Å². The van der Waals surface area contributed by atoms with Gasteiger partial charge in [-0.1, -0.05) is 0 Å². The first kappa shape index (κ1) is 13.8. The van der Waals surface area contributed by atoms with Gasteiger partial charge < -0.3 is 15.2 Å². The second-order valence-electron chi connectivity index (χ2n) is 4.22. The maximum absolute atomic E-state index is 11.2. The Morgan fingerprint density at radius 2 is 2.10 bits per heavy atom. The van der Waals surface area contributed by atoms with Crippen LogP contribution in [-0.4, -0.2) is 28.2 Å². The second kappa shape index (κ2) is 6.01. The zero-order valence-corrected chi connectivity index (χ0v) is 11.3. The number of hydrogen-bond donors (Lipinski definition) is 2. The van der Waals surface area contributed by atoms with E-state index >= 15 is 0 Å². The number of carbonyl (C=O) groups is 1. The van der Waals surface area contributed by atoms with Gasteiger partial charge in [0.25, 0.3) is 0 Å². The molecule has 0 saturated heterocycles. The molecule has 6 heteroatoms. The minimum atomic E-state index is -0.995. The molecule has 0 aliphatic heterocycles. The summed E-state index contributed by atoms with van der Waals surface area (Å²) < 4.78 is 5.04. The topological polar surface area (TPSA) is 84.3 Å². The van der Waals surface area contributed by atoms with Gasteiger partial charge >= 0.3 is 5.97 Å². The molecular weight excluding hydrogens is 258 g/mol. The number of anilines is 1. The monoisotopic (exact) mass is 273 g/mol. The number of nitrogens with one attached hydrogen (secondary N) is 1. The quantitative estimate of drug-likeness (QED) is 0.868. The summed E-state index contributed by atoms with van der Waals surface area (Å²) in [4.78, 5) is 19.3. The summed E-state index contributed by atoms with van der Waals surface area (Å²) in [5, 5.41) is 12.2. The van der Waals surface area contributed by atoms with Crippen molar-refractivity contribution in [2.75, 3.05) is 12.4 Å². The summed E-state index contributed by atoms with van der Waals surface area (Å²) in [5.41, 5.74) is 1.78. The summed E-state index contributed by atoms with van der Waals surface area (Å²) in [6.07, 6.45) is 3.22. The largest absolute Gasteiger partial charge is 0.481 e. The molecule has 0 aliphatic rings. The van der Waals surface area contributed by atoms with Crippen molar-refractivity contribution in [1.29, 1.82) is 0 Å². The van der Waals surface area contributed by atoms with E-state index in [1.165, 1.54) is 0 Å². The third kappa shape index (κ3) is 3.03. The van der Waals surface area contributed by atoms with Gasteiger partial charge in [-0.2, -0.15) is 0 Å². The van der Waals surface area contributed by atoms with E-state index in [0.29, 0.717) is 23.8 Å². The number of nitrogens with zero attached hydrogens (tertiary/aromatic N) is 2. The van der Waals surface area contributed by atoms with Crippen LogP contribution in [0.5, 0.6) is 5.88 Å². The highest BCUT2D eigenvalue weighted by atomic mass is 16.5. The van der Waals surface area contributed by atoms with Gasteiger partial charge in [0.1, 0.15) is 11.4 Å². The Kier molecular flexibility index (Phi) is 4.14. The predicted octanol–water partition coefficient (Wildman–Crippen LogP) is 2.10. The van der Waals surface area contributed by atoms with Gasteiger partial charge in [-0.25, -0.2) is 14.8 Å². The molecule has 104 valence electrons. The molecule has 2 aromatic rings. The predicted molar refractivity (Wildman–Crippen MR) is 74.0 cm³/mol. The molecule has 2 N–H and O–H groups in total. The highest BCUT2D eigenvalue weighted by Crippen LogP contribution is 2.18. The molecule has 2 rings (SSSR count). The molecule has 0 atom stereocenters. The van der Waals surface area contributed by atoms with Gasteiger partial charge in [0.15, 0.2) is 0 Å². The standard InChI is InChI=1S/C14H15N3O3/c1-9-3-5-16-13(12(9)14(18)19)17-8-10-4-6-15-11(7-10)20-2/h3-7H,8H2,1-2H3,(H,16,17)(H,18,19). The first-order chi connectivity index (χ1) is 9.61. The fourth-order valence-electron chi connectivity index (χ4n) is 1.82. The molecule has 0 fully saturated rings. The summed E-state index contributed by atoms with van der Waals surface area (Å²) in [6, 6.07) is 5.28. The lowest BCUT2D eigenvalue weighted by Gasteiger charge is -2.10. The fourth-order valence-corrected chi connectivity index (χ4v) is 1.82. The van der Waals surface area contributed by atoms with Crippen LogP contribution in [-0.2, 0) is 6.54 Å². The van der Waals surface area contributed by atoms with Crippen LogP contribution in [0, 0.1) is 6.92 Å². The van der Waals surface area contributed by atoms with Gasteiger partial charge in [0, 0.05) is 25.0 Å². The average molecular weight is 273 g/mol. The maximum Gasteiger partial charge on any atom is 0.339 e. The van der Waals surface area contributed by atoms with Crippen LogP contribution < -0.4 is 10.1 Å². The highest BCUT2D eigenvalue weighted by Gasteiger charge is 2.14. The molecule has 0 radical (unpaired) electrons. The number of aromatic carboxylic acids is 1. The van der Waals surface area contributed by atoms with Crippen LogP contribution in [0.15, 0.2) is 30.6 Å². The number of aryl methyl sites for hydroxylation is 1. The van der Waals surface area contributed by atoms with Crippen molar-refractivity contribution in [3.8, 4) is 5.88 Å². The van der Waals surface area contributed by atoms with E-state index in [2.05, 4.69) is 15.3 Å². The molecular formula is C14H15N3O3. The molecule has 20 heavy (non-hydrogen) atoms. The summed E-state index contributed by atoms with van der Waals surface area (Å²) in [5.74, 6) is -0.126. The molecule has 0 spiro atoms. The van der Waals surface area contributed by atoms with Crippen LogP contribution in [0.2, 0.25) is 0 Å². The normalized spacial score (nSPS) is 10.1. The molecule has 0 aliphatic carbocycles. The molecule has 0 unspecified atom stereocenters. The van der Waals surface area contributed by atoms with Crippen LogP contribution in [0.25, 0.3) is 0 Å². The number of rotatable bonds is 5. The van der Waals surface area contributed by atoms with Crippen molar-refractivity contribution in [2.24, 2.45) is 0 Å². The Morgan fingerprint density at radius 1 is 1.35 bits per heavy atom. The Morgan fingerprint density at radius 3 is 2.80 bits per heavy atom. The molecule has 0 saturated carbocycles. The van der Waals surface area contributed by atoms with Gasteiger partial charge in [0.2, 0.25) is 5.88 Å². The zero-order valence-electron chi connectivity index (χ0n) is 11.3. The molecule has 6 nitrogen and oxygen atoms in total. The smallest absolute Gasteiger partial charge is 0.339 e. The number of methoxy groups -OCH3 is 1. The van der Waals surface area contributed by atoms with Gasteiger partial charge in [0.05, 0.1) is 7.11 Å². The maximum atomic E-state index is 11.2. The van der Waals surface area contributed by atoms with Crippen LogP contribution in [0.1, 0.15) is 21.5 Å². The lowest BCUT2D eigenvalue weighted by Crippen LogP contribution is -2.10. The SMILES string of the molecule is COc1cc(CNc2nccc(C)c2C(=O)O)ccn1. The van der Waals surface area contributed by atoms with Crippen molar-refractivity contribution in [3.63, 3.8) is 0 Å². The highest BCUT2D eigenvalue weighted by molar-refractivity contribution is 5.94. The minimum Gasteiger partial charge on any atom is -0.481 e. The lowest BCUT2D eigenvalue weighted by molar-refractivity contribution is 0.0697. The first-order valence-electron chi connectivity index (χ1n) is 6.03. The van der Waals surface area contributed by atoms with Crippen molar-refractivity contribution < 1.29 is 14.6 Å². The number of hydrogen-bond acceptors (Lipinski definition) is 5. The number of carboxylic acids is 1. The number of carboxylic acid groups (broad SMARTS) is 1. The average Bonchev–Trinajstić information content (AvgIpc) is 2.45. The second-order valence-corrected chi connectivity index (χ2v) is 4.22. The van der Waals surface area contributed by atoms with E-state index in [4.69, 9.17) is 4.74 Å². The Labute approximate surface area is 116 Å². The van der Waals surface area contributed by atoms with Crippen LogP contribution in [0.3, 0.4) is 0 Å². The summed E-state index contributed by atoms with van der Waals surface area (Å²) >= 11 is 0. The third-order valence-corrected chi connectivity index (χ3v) is 2.84. The first-order valence-corrected chi connectivity index (χ1v) is 6.03. The van der Waals surface area contributed by atoms with E-state index < -0.39 is 5.97 Å². The van der Waals surface area contributed by atoms with E-state index in [-0.39, 0.29) is 5.56 Å². The Bertz CT molecular complexity index is 629. The van der Waals surface area contributed by atoms with Gasteiger partial charge in [-0.3, -0.25) is 0 Å². The summed E-state index contributed by atoms with van der Waals surface area (Å²) in [6.45, 7) is 2.18. The Hall–Kier alpha value is -2.63. The number of ether oxygens (including phenoxy) is 1. The number of aromatic nitrogens is 2. The fraction of sp³-hybridized carbons (Fsp3) is 0.214. The van der Waals surface area contributed by atoms with E-state index in [1.807, 2.05) is 6.07 Å². The van der Waals surface area contributed by atoms with Gasteiger partial charge in [-0.05, 0) is 30.2 Å². The van der Waals surface area contributed by atoms with E-state index in [1.54, 1.807) is 38.6 Å². The summed E-state index contributed by atoms with van der Waals surface area (Å²) in [7, 11) is 1.55. The molecule has 2 heterocycles.